The maximum absolute atomic E-state index is 13.5. The number of hydroxylamine groups is 1. The van der Waals surface area contributed by atoms with Crippen LogP contribution in [0.1, 0.15) is 35.4 Å². The van der Waals surface area contributed by atoms with Crippen LogP contribution in [-0.2, 0) is 27.5 Å². The summed E-state index contributed by atoms with van der Waals surface area (Å²) in [6.45, 7) is 10.8. The van der Waals surface area contributed by atoms with E-state index < -0.39 is 26.4 Å². The molecule has 47 heavy (non-hydrogen) atoms. The minimum atomic E-state index is -1.17. The molecule has 250 valence electrons. The van der Waals surface area contributed by atoms with Crippen LogP contribution in [0.15, 0.2) is 58.4 Å². The number of aromatic nitrogens is 3. The van der Waals surface area contributed by atoms with Gasteiger partial charge in [0, 0.05) is 56.9 Å². The van der Waals surface area contributed by atoms with E-state index in [4.69, 9.17) is 19.4 Å². The van der Waals surface area contributed by atoms with Gasteiger partial charge in [-0.25, -0.2) is 14.5 Å². The lowest BCUT2D eigenvalue weighted by Crippen LogP contribution is -2.42. The first-order valence-corrected chi connectivity index (χ1v) is 20.0. The zero-order valence-corrected chi connectivity index (χ0v) is 28.5. The van der Waals surface area contributed by atoms with Crippen molar-refractivity contribution in [2.24, 2.45) is 4.99 Å². The summed E-state index contributed by atoms with van der Waals surface area (Å²) in [6.07, 6.45) is 1.67. The van der Waals surface area contributed by atoms with Gasteiger partial charge < -0.3 is 29.3 Å². The van der Waals surface area contributed by atoms with Crippen LogP contribution < -0.4 is 11.0 Å². The van der Waals surface area contributed by atoms with Crippen molar-refractivity contribution in [3.05, 3.63) is 75.7 Å². The Bertz CT molecular complexity index is 1820. The number of H-pyrrole nitrogens is 1. The molecule has 4 heterocycles. The number of pyridine rings is 1. The van der Waals surface area contributed by atoms with Crippen LogP contribution in [0.2, 0.25) is 25.7 Å². The quantitative estimate of drug-likeness (QED) is 0.156. The molecule has 12 nitrogen and oxygen atoms in total. The molecule has 13 heteroatoms. The Morgan fingerprint density at radius 3 is 2.68 bits per heavy atom. The number of aryl methyl sites for hydroxylation is 1. The van der Waals surface area contributed by atoms with Crippen LogP contribution in [0.5, 0.6) is 0 Å². The van der Waals surface area contributed by atoms with Gasteiger partial charge in [-0.05, 0) is 66.4 Å². The van der Waals surface area contributed by atoms with Gasteiger partial charge in [0.2, 0.25) is 0 Å². The zero-order chi connectivity index (χ0) is 33.1. The van der Waals surface area contributed by atoms with Crippen molar-refractivity contribution < 1.29 is 24.2 Å². The number of aromatic amines is 1. The fourth-order valence-corrected chi connectivity index (χ4v) is 6.91. The Morgan fingerprint density at radius 1 is 1.15 bits per heavy atom. The summed E-state index contributed by atoms with van der Waals surface area (Å²) < 4.78 is 13.8. The number of carbonyl (C=O) groups is 1. The summed E-state index contributed by atoms with van der Waals surface area (Å²) in [6, 6.07) is 14.9. The van der Waals surface area contributed by atoms with E-state index in [1.807, 2.05) is 60.3 Å². The van der Waals surface area contributed by atoms with E-state index in [0.29, 0.717) is 45.7 Å². The van der Waals surface area contributed by atoms with E-state index in [1.54, 1.807) is 4.90 Å². The number of fused-ring (bicyclic) bond motifs is 2. The monoisotopic (exact) mass is 660 g/mol. The van der Waals surface area contributed by atoms with Gasteiger partial charge in [-0.2, -0.15) is 5.10 Å². The van der Waals surface area contributed by atoms with Gasteiger partial charge >= 0.3 is 6.09 Å². The van der Waals surface area contributed by atoms with E-state index in [2.05, 4.69) is 35.1 Å². The third-order valence-corrected chi connectivity index (χ3v) is 10.5. The molecule has 2 aromatic carbocycles. The minimum Gasteiger partial charge on any atom is -0.436 e. The van der Waals surface area contributed by atoms with Crippen LogP contribution in [0, 0.1) is 6.92 Å². The van der Waals surface area contributed by atoms with E-state index in [-0.39, 0.29) is 24.0 Å². The van der Waals surface area contributed by atoms with Crippen molar-refractivity contribution in [1.82, 2.24) is 25.1 Å². The molecule has 6 rings (SSSR count). The predicted octanol–water partition coefficient (Wildman–Crippen LogP) is 4.68. The number of piperidine rings is 1. The molecule has 0 bridgehead atoms. The second-order valence-corrected chi connectivity index (χ2v) is 19.4. The maximum atomic E-state index is 13.5. The number of aliphatic imine (C=N–C) groups is 1. The van der Waals surface area contributed by atoms with E-state index in [9.17, 15) is 14.7 Å². The van der Waals surface area contributed by atoms with Crippen molar-refractivity contribution in [3.8, 4) is 0 Å². The predicted molar refractivity (Wildman–Crippen MR) is 183 cm³/mol. The second kappa shape index (κ2) is 14.0. The highest BCUT2D eigenvalue weighted by Gasteiger charge is 2.33. The van der Waals surface area contributed by atoms with Crippen LogP contribution in [0.4, 0.5) is 4.79 Å². The summed E-state index contributed by atoms with van der Waals surface area (Å²) in [5.41, 5.74) is 6.97. The summed E-state index contributed by atoms with van der Waals surface area (Å²) in [5.74, 6) is 0.251. The Morgan fingerprint density at radius 2 is 1.94 bits per heavy atom. The standard InChI is InChI=1S/C34H44N6O6Si/c1-22-15-23(16-26-19-40(37-31(22)26)21-44-13-14-47(2,3)4)17-29(33-36-30(20-41)38-46-33)45-34(43)39-11-9-24(10-12-39)27-18-25-7-5-6-8-28(25)35-32(27)42/h5-8,15-16,18-19,24,29-30,38,41H,9-14,17,20-21H2,1-4H3,(H,35,42). The van der Waals surface area contributed by atoms with Crippen LogP contribution >= 0.6 is 0 Å². The SMILES string of the molecule is Cc1cc(CC(OC(=O)N2CCC(c3cc4ccccc4[nH]c3=O)CC2)C2=NC(CO)NO2)cc2cn(COCC[Si](C)(C)C)nc12. The average Bonchev–Trinajstić information content (AvgIpc) is 3.70. The molecule has 2 aliphatic heterocycles. The normalized spacial score (nSPS) is 18.0. The molecule has 3 N–H and O–H groups in total. The number of benzene rings is 2. The number of amides is 1. The van der Waals surface area contributed by atoms with Crippen molar-refractivity contribution in [1.29, 1.82) is 0 Å². The van der Waals surface area contributed by atoms with Crippen molar-refractivity contribution >= 4 is 41.9 Å². The molecule has 0 radical (unpaired) electrons. The van der Waals surface area contributed by atoms with Crippen molar-refractivity contribution in [2.75, 3.05) is 26.3 Å². The van der Waals surface area contributed by atoms with Gasteiger partial charge in [0.05, 0.1) is 12.1 Å². The average molecular weight is 661 g/mol. The van der Waals surface area contributed by atoms with Gasteiger partial charge in [-0.1, -0.05) is 43.9 Å². The Balaban J connectivity index is 1.13. The molecule has 2 atom stereocenters. The van der Waals surface area contributed by atoms with E-state index in [0.717, 1.165) is 44.5 Å². The number of nitrogens with zero attached hydrogens (tertiary/aromatic N) is 4. The summed E-state index contributed by atoms with van der Waals surface area (Å²) in [4.78, 5) is 41.0. The van der Waals surface area contributed by atoms with Crippen LogP contribution in [0.25, 0.3) is 21.8 Å². The molecule has 0 saturated carbocycles. The highest BCUT2D eigenvalue weighted by molar-refractivity contribution is 6.76. The highest BCUT2D eigenvalue weighted by Crippen LogP contribution is 2.28. The highest BCUT2D eigenvalue weighted by atomic mass is 28.3. The van der Waals surface area contributed by atoms with Gasteiger partial charge in [0.15, 0.2) is 12.3 Å². The Labute approximate surface area is 274 Å². The summed E-state index contributed by atoms with van der Waals surface area (Å²) in [7, 11) is -1.17. The van der Waals surface area contributed by atoms with Crippen LogP contribution in [0.3, 0.4) is 0 Å². The first-order chi connectivity index (χ1) is 22.6. The number of hydrogen-bond acceptors (Lipinski definition) is 9. The Hall–Kier alpha value is -4.04. The first-order valence-electron chi connectivity index (χ1n) is 16.3. The molecular formula is C34H44N6O6Si. The topological polar surface area (TPSA) is 143 Å². The molecule has 2 unspecified atom stereocenters. The fourth-order valence-electron chi connectivity index (χ4n) is 6.15. The summed E-state index contributed by atoms with van der Waals surface area (Å²) >= 11 is 0. The number of nitrogens with one attached hydrogen (secondary N) is 2. The van der Waals surface area contributed by atoms with E-state index in [1.165, 1.54) is 0 Å². The van der Waals surface area contributed by atoms with E-state index >= 15 is 0 Å². The number of aliphatic hydroxyl groups is 1. The molecule has 2 aliphatic rings. The largest absolute Gasteiger partial charge is 0.436 e. The molecular weight excluding hydrogens is 616 g/mol. The summed E-state index contributed by atoms with van der Waals surface area (Å²) in [5, 5.41) is 16.3. The fraction of sp³-hybridized carbons (Fsp3) is 0.471. The van der Waals surface area contributed by atoms with Gasteiger partial charge in [0.25, 0.3) is 11.5 Å². The molecule has 2 aromatic heterocycles. The number of ether oxygens (including phenoxy) is 2. The number of rotatable bonds is 11. The van der Waals surface area contributed by atoms with Crippen LogP contribution in [-0.4, -0.2) is 83.4 Å². The van der Waals surface area contributed by atoms with Gasteiger partial charge in [-0.3, -0.25) is 4.79 Å². The molecule has 0 spiro atoms. The first kappa shape index (κ1) is 32.9. The second-order valence-electron chi connectivity index (χ2n) is 13.7. The van der Waals surface area contributed by atoms with Gasteiger partial charge in [-0.15, -0.1) is 5.48 Å². The number of carbonyl (C=O) groups excluding carboxylic acids is 1. The zero-order valence-electron chi connectivity index (χ0n) is 27.5. The lowest BCUT2D eigenvalue weighted by Gasteiger charge is -2.32. The molecule has 1 saturated heterocycles. The minimum absolute atomic E-state index is 0.0432. The maximum Gasteiger partial charge on any atom is 0.410 e. The Kier molecular flexibility index (Phi) is 9.78. The number of likely N-dealkylation sites (tertiary alicyclic amines) is 1. The molecule has 4 aromatic rings. The smallest absolute Gasteiger partial charge is 0.410 e. The molecule has 0 aliphatic carbocycles. The number of aliphatic hydroxyl groups excluding tert-OH is 1. The third kappa shape index (κ3) is 7.92. The lowest BCUT2D eigenvalue weighted by atomic mass is 9.89. The number of hydrogen-bond donors (Lipinski definition) is 3. The lowest BCUT2D eigenvalue weighted by molar-refractivity contribution is 0.0622. The van der Waals surface area contributed by atoms with Crippen molar-refractivity contribution in [3.63, 3.8) is 0 Å². The van der Waals surface area contributed by atoms with Gasteiger partial charge in [0.1, 0.15) is 6.73 Å². The third-order valence-electron chi connectivity index (χ3n) is 8.80. The molecule has 1 fully saturated rings. The number of para-hydroxylation sites is 1. The molecule has 1 amide bonds. The van der Waals surface area contributed by atoms with Crippen molar-refractivity contribution in [2.45, 2.75) is 76.8 Å².